The molecule has 0 spiro atoms. The molecule has 0 fully saturated rings. The molecule has 1 N–H and O–H groups in total. The van der Waals surface area contributed by atoms with E-state index in [-0.39, 0.29) is 0 Å². The Hall–Kier alpha value is -1.69. The van der Waals surface area contributed by atoms with Crippen molar-refractivity contribution in [1.29, 1.82) is 0 Å². The van der Waals surface area contributed by atoms with Crippen molar-refractivity contribution < 1.29 is 0 Å². The summed E-state index contributed by atoms with van der Waals surface area (Å²) in [6.07, 6.45) is 5.73. The molecule has 1 atom stereocenters. The second kappa shape index (κ2) is 7.36. The van der Waals surface area contributed by atoms with Gasteiger partial charge in [0.25, 0.3) is 0 Å². The van der Waals surface area contributed by atoms with Crippen LogP contribution in [0.5, 0.6) is 0 Å². The Balaban J connectivity index is 1.91. The molecule has 0 saturated heterocycles. The highest BCUT2D eigenvalue weighted by Crippen LogP contribution is 2.19. The third-order valence-electron chi connectivity index (χ3n) is 3.92. The van der Waals surface area contributed by atoms with Gasteiger partial charge in [-0.05, 0) is 39.4 Å². The summed E-state index contributed by atoms with van der Waals surface area (Å²) in [6.45, 7) is 10.0. The lowest BCUT2D eigenvalue weighted by atomic mass is 10.1. The molecule has 116 valence electrons. The summed E-state index contributed by atoms with van der Waals surface area (Å²) in [6, 6.07) is 0.388. The fourth-order valence-electron chi connectivity index (χ4n) is 2.54. The van der Waals surface area contributed by atoms with Gasteiger partial charge < -0.3 is 10.2 Å². The van der Waals surface area contributed by atoms with E-state index < -0.39 is 0 Å². The van der Waals surface area contributed by atoms with Crippen LogP contribution >= 0.6 is 0 Å². The van der Waals surface area contributed by atoms with E-state index in [1.165, 1.54) is 6.42 Å². The lowest BCUT2D eigenvalue weighted by molar-refractivity contribution is 0.295. The summed E-state index contributed by atoms with van der Waals surface area (Å²) in [7, 11) is 1.90. The van der Waals surface area contributed by atoms with Gasteiger partial charge in [0.15, 0.2) is 5.65 Å². The number of rotatable bonds is 8. The molecule has 2 aromatic heterocycles. The quantitative estimate of drug-likeness (QED) is 0.808. The van der Waals surface area contributed by atoms with Crippen LogP contribution in [0, 0.1) is 0 Å². The summed E-state index contributed by atoms with van der Waals surface area (Å²) in [5.74, 6) is 0.878. The number of hydrogen-bond acceptors (Lipinski definition) is 5. The van der Waals surface area contributed by atoms with Crippen molar-refractivity contribution in [3.05, 3.63) is 12.5 Å². The van der Waals surface area contributed by atoms with Crippen molar-refractivity contribution in [1.82, 2.24) is 24.6 Å². The molecule has 0 aliphatic heterocycles. The fourth-order valence-corrected chi connectivity index (χ4v) is 2.54. The SMILES string of the molecule is CCN(CC)CCCC(C)Nc1ncnc2c1cnn2C. The van der Waals surface area contributed by atoms with Crippen LogP contribution in [0.4, 0.5) is 5.82 Å². The van der Waals surface area contributed by atoms with Crippen molar-refractivity contribution in [2.75, 3.05) is 25.0 Å². The maximum atomic E-state index is 4.35. The van der Waals surface area contributed by atoms with Gasteiger partial charge in [-0.25, -0.2) is 9.97 Å². The average molecular weight is 290 g/mol. The number of fused-ring (bicyclic) bond motifs is 1. The zero-order chi connectivity index (χ0) is 15.2. The first-order chi connectivity index (χ1) is 10.2. The molecule has 0 aliphatic rings. The van der Waals surface area contributed by atoms with Crippen LogP contribution < -0.4 is 5.32 Å². The van der Waals surface area contributed by atoms with Gasteiger partial charge in [0.05, 0.1) is 11.6 Å². The first-order valence-corrected chi connectivity index (χ1v) is 7.77. The second-order valence-corrected chi connectivity index (χ2v) is 5.44. The minimum absolute atomic E-state index is 0.388. The Kier molecular flexibility index (Phi) is 5.50. The van der Waals surface area contributed by atoms with E-state index in [4.69, 9.17) is 0 Å². The van der Waals surface area contributed by atoms with E-state index in [9.17, 15) is 0 Å². The van der Waals surface area contributed by atoms with E-state index in [0.717, 1.165) is 42.9 Å². The number of aryl methyl sites for hydroxylation is 1. The van der Waals surface area contributed by atoms with Gasteiger partial charge in [0.2, 0.25) is 0 Å². The molecule has 6 heteroatoms. The highest BCUT2D eigenvalue weighted by molar-refractivity contribution is 5.86. The zero-order valence-electron chi connectivity index (χ0n) is 13.5. The number of nitrogens with one attached hydrogen (secondary N) is 1. The molecule has 1 unspecified atom stereocenters. The Bertz CT molecular complexity index is 560. The van der Waals surface area contributed by atoms with Gasteiger partial charge in [-0.1, -0.05) is 13.8 Å². The summed E-state index contributed by atoms with van der Waals surface area (Å²) < 4.78 is 1.77. The highest BCUT2D eigenvalue weighted by Gasteiger charge is 2.10. The predicted octanol–water partition coefficient (Wildman–Crippen LogP) is 2.29. The van der Waals surface area contributed by atoms with Crippen molar-refractivity contribution in [2.45, 2.75) is 39.7 Å². The molecule has 21 heavy (non-hydrogen) atoms. The number of anilines is 1. The van der Waals surface area contributed by atoms with Crippen LogP contribution in [0.1, 0.15) is 33.6 Å². The van der Waals surface area contributed by atoms with Crippen molar-refractivity contribution in [2.24, 2.45) is 7.05 Å². The third kappa shape index (κ3) is 3.91. The normalized spacial score (nSPS) is 13.0. The number of aromatic nitrogens is 4. The molecule has 2 heterocycles. The second-order valence-electron chi connectivity index (χ2n) is 5.44. The molecular weight excluding hydrogens is 264 g/mol. The monoisotopic (exact) mass is 290 g/mol. The van der Waals surface area contributed by atoms with Crippen molar-refractivity contribution >= 4 is 16.9 Å². The topological polar surface area (TPSA) is 58.9 Å². The fraction of sp³-hybridized carbons (Fsp3) is 0.667. The summed E-state index contributed by atoms with van der Waals surface area (Å²) in [5, 5.41) is 8.71. The van der Waals surface area contributed by atoms with Crippen LogP contribution in [0.3, 0.4) is 0 Å². The minimum atomic E-state index is 0.388. The largest absolute Gasteiger partial charge is 0.367 e. The maximum Gasteiger partial charge on any atom is 0.163 e. The third-order valence-corrected chi connectivity index (χ3v) is 3.92. The lowest BCUT2D eigenvalue weighted by Crippen LogP contribution is -2.25. The molecule has 0 amide bonds. The van der Waals surface area contributed by atoms with Crippen LogP contribution in [0.15, 0.2) is 12.5 Å². The minimum Gasteiger partial charge on any atom is -0.367 e. The van der Waals surface area contributed by atoms with E-state index in [1.807, 2.05) is 13.2 Å². The first-order valence-electron chi connectivity index (χ1n) is 7.77. The van der Waals surface area contributed by atoms with E-state index >= 15 is 0 Å². The molecule has 6 nitrogen and oxygen atoms in total. The Labute approximate surface area is 126 Å². The van der Waals surface area contributed by atoms with E-state index in [0.29, 0.717) is 6.04 Å². The standard InChI is InChI=1S/C15H26N6/c1-5-21(6-2)9-7-8-12(3)19-14-13-10-18-20(4)15(13)17-11-16-14/h10-12H,5-9H2,1-4H3,(H,16,17,19). The molecule has 0 aliphatic carbocycles. The summed E-state index contributed by atoms with van der Waals surface area (Å²) in [5.41, 5.74) is 0.864. The number of hydrogen-bond donors (Lipinski definition) is 1. The average Bonchev–Trinajstić information content (AvgIpc) is 2.86. The van der Waals surface area contributed by atoms with Crippen LogP contribution in [-0.2, 0) is 7.05 Å². The van der Waals surface area contributed by atoms with Gasteiger partial charge in [-0.3, -0.25) is 4.68 Å². The maximum absolute atomic E-state index is 4.35. The zero-order valence-corrected chi connectivity index (χ0v) is 13.5. The summed E-state index contributed by atoms with van der Waals surface area (Å²) >= 11 is 0. The van der Waals surface area contributed by atoms with Gasteiger partial charge >= 0.3 is 0 Å². The number of nitrogens with zero attached hydrogens (tertiary/aromatic N) is 5. The molecule has 0 saturated carbocycles. The Morgan fingerprint density at radius 1 is 1.29 bits per heavy atom. The lowest BCUT2D eigenvalue weighted by Gasteiger charge is -2.20. The van der Waals surface area contributed by atoms with Crippen LogP contribution in [0.25, 0.3) is 11.0 Å². The smallest absolute Gasteiger partial charge is 0.163 e. The molecule has 2 rings (SSSR count). The van der Waals surface area contributed by atoms with Gasteiger partial charge in [-0.2, -0.15) is 5.10 Å². The van der Waals surface area contributed by atoms with Gasteiger partial charge in [-0.15, -0.1) is 0 Å². The molecular formula is C15H26N6. The van der Waals surface area contributed by atoms with Crippen LogP contribution in [0.2, 0.25) is 0 Å². The Morgan fingerprint density at radius 3 is 2.76 bits per heavy atom. The molecule has 0 aromatic carbocycles. The van der Waals surface area contributed by atoms with Gasteiger partial charge in [0.1, 0.15) is 12.1 Å². The summed E-state index contributed by atoms with van der Waals surface area (Å²) in [4.78, 5) is 11.1. The van der Waals surface area contributed by atoms with Crippen LogP contribution in [-0.4, -0.2) is 50.3 Å². The molecule has 0 bridgehead atoms. The van der Waals surface area contributed by atoms with Crippen molar-refractivity contribution in [3.63, 3.8) is 0 Å². The predicted molar refractivity (Wildman–Crippen MR) is 86.4 cm³/mol. The first kappa shape index (κ1) is 15.7. The van der Waals surface area contributed by atoms with Gasteiger partial charge in [0, 0.05) is 13.1 Å². The highest BCUT2D eigenvalue weighted by atomic mass is 15.3. The Morgan fingerprint density at radius 2 is 2.05 bits per heavy atom. The molecule has 2 aromatic rings. The molecule has 0 radical (unpaired) electrons. The van der Waals surface area contributed by atoms with E-state index in [2.05, 4.69) is 46.1 Å². The van der Waals surface area contributed by atoms with Crippen molar-refractivity contribution in [3.8, 4) is 0 Å². The van der Waals surface area contributed by atoms with E-state index in [1.54, 1.807) is 11.0 Å².